The van der Waals surface area contributed by atoms with Gasteiger partial charge >= 0.3 is 0 Å². The number of nitrogens with one attached hydrogen (secondary N) is 2. The van der Waals surface area contributed by atoms with Crippen molar-refractivity contribution in [2.45, 2.75) is 58.5 Å². The van der Waals surface area contributed by atoms with E-state index < -0.39 is 0 Å². The Labute approximate surface area is 153 Å². The van der Waals surface area contributed by atoms with E-state index in [-0.39, 0.29) is 24.0 Å². The average Bonchev–Trinajstić information content (AvgIpc) is 2.52. The van der Waals surface area contributed by atoms with E-state index in [4.69, 9.17) is 9.47 Å². The van der Waals surface area contributed by atoms with Crippen LogP contribution in [0.25, 0.3) is 0 Å². The lowest BCUT2D eigenvalue weighted by Gasteiger charge is -2.21. The van der Waals surface area contributed by atoms with E-state index in [9.17, 15) is 0 Å². The number of aliphatic imine (C=N–C) groups is 1. The van der Waals surface area contributed by atoms with Crippen LogP contribution in [0.2, 0.25) is 0 Å². The van der Waals surface area contributed by atoms with Crippen LogP contribution in [0.5, 0.6) is 0 Å². The van der Waals surface area contributed by atoms with Crippen LogP contribution < -0.4 is 10.6 Å². The molecule has 22 heavy (non-hydrogen) atoms. The van der Waals surface area contributed by atoms with Crippen LogP contribution in [0.4, 0.5) is 0 Å². The molecule has 0 spiro atoms. The molecule has 5 nitrogen and oxygen atoms in total. The summed E-state index contributed by atoms with van der Waals surface area (Å²) in [6, 6.07) is 0. The number of nitrogens with zero attached hydrogens (tertiary/aromatic N) is 1. The second-order valence-electron chi connectivity index (χ2n) is 5.37. The van der Waals surface area contributed by atoms with E-state index in [1.165, 1.54) is 32.1 Å². The Morgan fingerprint density at radius 1 is 1.09 bits per heavy atom. The summed E-state index contributed by atoms with van der Waals surface area (Å²) in [7, 11) is 0. The minimum atomic E-state index is 0. The quantitative estimate of drug-likeness (QED) is 0.244. The number of rotatable bonds is 10. The number of hydrogen-bond acceptors (Lipinski definition) is 3. The van der Waals surface area contributed by atoms with Crippen molar-refractivity contribution in [3.05, 3.63) is 0 Å². The van der Waals surface area contributed by atoms with Gasteiger partial charge in [-0.15, -0.1) is 24.0 Å². The van der Waals surface area contributed by atoms with Gasteiger partial charge in [-0.3, -0.25) is 4.99 Å². The van der Waals surface area contributed by atoms with E-state index >= 15 is 0 Å². The Morgan fingerprint density at radius 2 is 1.86 bits per heavy atom. The summed E-state index contributed by atoms with van der Waals surface area (Å²) >= 11 is 0. The fourth-order valence-corrected chi connectivity index (χ4v) is 2.46. The Balaban J connectivity index is 0.00000441. The molecule has 0 aromatic carbocycles. The molecule has 0 radical (unpaired) electrons. The lowest BCUT2D eigenvalue weighted by molar-refractivity contribution is 0.0281. The number of halogens is 1. The minimum Gasteiger partial charge on any atom is -0.380 e. The first-order valence-corrected chi connectivity index (χ1v) is 8.58. The van der Waals surface area contributed by atoms with Gasteiger partial charge in [0.1, 0.15) is 0 Å². The number of guanidine groups is 1. The van der Waals surface area contributed by atoms with E-state index in [0.717, 1.165) is 45.2 Å². The van der Waals surface area contributed by atoms with Crippen molar-refractivity contribution >= 4 is 29.9 Å². The third-order valence-corrected chi connectivity index (χ3v) is 3.57. The maximum Gasteiger partial charge on any atom is 0.191 e. The van der Waals surface area contributed by atoms with Crippen LogP contribution >= 0.6 is 24.0 Å². The molecule has 0 unspecified atom stereocenters. The fraction of sp³-hybridized carbons (Fsp3) is 0.938. The Kier molecular flexibility index (Phi) is 15.7. The maximum atomic E-state index is 5.91. The van der Waals surface area contributed by atoms with Gasteiger partial charge in [-0.25, -0.2) is 0 Å². The van der Waals surface area contributed by atoms with Crippen molar-refractivity contribution in [3.8, 4) is 0 Å². The summed E-state index contributed by atoms with van der Waals surface area (Å²) in [6.45, 7) is 8.84. The summed E-state index contributed by atoms with van der Waals surface area (Å²) in [6.07, 6.45) is 8.01. The molecule has 0 bridgehead atoms. The lowest BCUT2D eigenvalue weighted by Crippen LogP contribution is -2.39. The van der Waals surface area contributed by atoms with Gasteiger partial charge in [0.05, 0.1) is 12.7 Å². The van der Waals surface area contributed by atoms with Crippen molar-refractivity contribution in [1.82, 2.24) is 10.6 Å². The van der Waals surface area contributed by atoms with E-state index in [0.29, 0.717) is 12.7 Å². The fourth-order valence-electron chi connectivity index (χ4n) is 2.46. The molecule has 1 saturated carbocycles. The monoisotopic (exact) mass is 427 g/mol. The Bertz CT molecular complexity index is 272. The van der Waals surface area contributed by atoms with E-state index in [2.05, 4.69) is 22.5 Å². The summed E-state index contributed by atoms with van der Waals surface area (Å²) in [4.78, 5) is 4.55. The van der Waals surface area contributed by atoms with Gasteiger partial charge in [0.2, 0.25) is 0 Å². The summed E-state index contributed by atoms with van der Waals surface area (Å²) in [5, 5.41) is 6.51. The minimum absolute atomic E-state index is 0. The zero-order chi connectivity index (χ0) is 15.2. The highest BCUT2D eigenvalue weighted by atomic mass is 127. The summed E-state index contributed by atoms with van der Waals surface area (Å²) in [5.41, 5.74) is 0. The first kappa shape index (κ1) is 21.9. The first-order chi connectivity index (χ1) is 10.4. The number of hydrogen-bond donors (Lipinski definition) is 2. The lowest BCUT2D eigenvalue weighted by atomic mass is 9.98. The van der Waals surface area contributed by atoms with Crippen molar-refractivity contribution in [3.63, 3.8) is 0 Å². The zero-order valence-electron chi connectivity index (χ0n) is 14.2. The van der Waals surface area contributed by atoms with Crippen molar-refractivity contribution < 1.29 is 9.47 Å². The smallest absolute Gasteiger partial charge is 0.191 e. The molecule has 2 N–H and O–H groups in total. The third kappa shape index (κ3) is 11.5. The van der Waals surface area contributed by atoms with Crippen LogP contribution in [-0.2, 0) is 9.47 Å². The van der Waals surface area contributed by atoms with Gasteiger partial charge in [0, 0.05) is 32.8 Å². The summed E-state index contributed by atoms with van der Waals surface area (Å²) < 4.78 is 11.2. The molecule has 0 heterocycles. The highest BCUT2D eigenvalue weighted by Crippen LogP contribution is 2.20. The largest absolute Gasteiger partial charge is 0.380 e. The maximum absolute atomic E-state index is 5.91. The van der Waals surface area contributed by atoms with Crippen molar-refractivity contribution in [1.29, 1.82) is 0 Å². The van der Waals surface area contributed by atoms with Gasteiger partial charge in [-0.1, -0.05) is 19.3 Å². The molecule has 1 fully saturated rings. The van der Waals surface area contributed by atoms with Gasteiger partial charge in [-0.2, -0.15) is 0 Å². The molecule has 1 aliphatic rings. The molecule has 6 heteroatoms. The van der Waals surface area contributed by atoms with Gasteiger partial charge in [0.25, 0.3) is 0 Å². The molecule has 0 amide bonds. The molecular formula is C16H34IN3O2. The van der Waals surface area contributed by atoms with Crippen LogP contribution in [0.15, 0.2) is 4.99 Å². The SMILES string of the molecule is CCNC(=NCCCOC1CCCCC1)NCCOCC.I. The highest BCUT2D eigenvalue weighted by Gasteiger charge is 2.12. The van der Waals surface area contributed by atoms with Gasteiger partial charge in [0.15, 0.2) is 5.96 Å². The molecule has 0 aromatic heterocycles. The third-order valence-electron chi connectivity index (χ3n) is 3.57. The molecular weight excluding hydrogens is 393 g/mol. The molecule has 0 aromatic rings. The molecule has 0 saturated heterocycles. The highest BCUT2D eigenvalue weighted by molar-refractivity contribution is 14.0. The first-order valence-electron chi connectivity index (χ1n) is 8.58. The van der Waals surface area contributed by atoms with Crippen molar-refractivity contribution in [2.75, 3.05) is 39.5 Å². The standard InChI is InChI=1S/C16H33N3O2.HI/c1-3-17-16(19-12-14-20-4-2)18-11-8-13-21-15-9-6-5-7-10-15;/h15H,3-14H2,1-2H3,(H2,17,18,19);1H. The number of ether oxygens (including phenoxy) is 2. The van der Waals surface area contributed by atoms with Crippen molar-refractivity contribution in [2.24, 2.45) is 4.99 Å². The molecule has 132 valence electrons. The van der Waals surface area contributed by atoms with Gasteiger partial charge < -0.3 is 20.1 Å². The normalized spacial score (nSPS) is 16.2. The molecule has 1 rings (SSSR count). The average molecular weight is 427 g/mol. The van der Waals surface area contributed by atoms with Gasteiger partial charge in [-0.05, 0) is 33.1 Å². The van der Waals surface area contributed by atoms with E-state index in [1.54, 1.807) is 0 Å². The zero-order valence-corrected chi connectivity index (χ0v) is 16.6. The predicted molar refractivity (Wildman–Crippen MR) is 103 cm³/mol. The summed E-state index contributed by atoms with van der Waals surface area (Å²) in [5.74, 6) is 0.870. The Hall–Kier alpha value is -0.0800. The van der Waals surface area contributed by atoms with Crippen LogP contribution in [0.1, 0.15) is 52.4 Å². The van der Waals surface area contributed by atoms with Crippen LogP contribution in [-0.4, -0.2) is 51.5 Å². The Morgan fingerprint density at radius 3 is 2.55 bits per heavy atom. The van der Waals surface area contributed by atoms with Crippen LogP contribution in [0, 0.1) is 0 Å². The molecule has 0 atom stereocenters. The topological polar surface area (TPSA) is 54.9 Å². The molecule has 0 aliphatic heterocycles. The second-order valence-corrected chi connectivity index (χ2v) is 5.37. The van der Waals surface area contributed by atoms with E-state index in [1.807, 2.05) is 6.92 Å². The predicted octanol–water partition coefficient (Wildman–Crippen LogP) is 2.94. The molecule has 1 aliphatic carbocycles. The second kappa shape index (κ2) is 15.8. The van der Waals surface area contributed by atoms with Crippen LogP contribution in [0.3, 0.4) is 0 Å².